The summed E-state index contributed by atoms with van der Waals surface area (Å²) in [6.45, 7) is 6.49. The van der Waals surface area contributed by atoms with Gasteiger partial charge in [-0.3, -0.25) is 14.4 Å². The van der Waals surface area contributed by atoms with Crippen LogP contribution in [0.25, 0.3) is 0 Å². The number of hydrogen-bond donors (Lipinski definition) is 0. The second-order valence-corrected chi connectivity index (χ2v) is 22.7. The quantitative estimate of drug-likeness (QED) is 0.0261. The Morgan fingerprint density at radius 1 is 0.259 bits per heavy atom. The Kier molecular flexibility index (Phi) is 65.2. The van der Waals surface area contributed by atoms with Gasteiger partial charge in [0.05, 0.1) is 0 Å². The van der Waals surface area contributed by atoms with E-state index in [4.69, 9.17) is 14.2 Å². The van der Waals surface area contributed by atoms with Crippen LogP contribution in [0.5, 0.6) is 0 Å². The molecule has 0 saturated carbocycles. The molecule has 6 nitrogen and oxygen atoms in total. The molecule has 0 bridgehead atoms. The van der Waals surface area contributed by atoms with E-state index < -0.39 is 6.10 Å². The van der Waals surface area contributed by atoms with E-state index in [0.717, 1.165) is 109 Å². The summed E-state index contributed by atoms with van der Waals surface area (Å²) >= 11 is 0. The standard InChI is InChI=1S/C75H128O6/c1-4-7-10-13-16-18-20-22-24-26-28-30-32-34-36-37-39-40-42-44-46-48-50-52-54-56-59-62-65-68-74(77)80-71-72(70-79-73(76)67-64-61-58-15-12-9-6-3)81-75(78)69-66-63-60-57-55-53-51-49-47-45-43-41-38-35-33-31-29-27-25-23-21-19-17-14-11-8-5-2/h7,10,16,18,21-24,27-30,33-36,39-40,72H,4-6,8-9,11-15,17,19-20,25-26,31-32,37-38,41-71H2,1-3H3/b10-7-,18-16-,23-21-,24-22-,29-27-,30-28-,35-33-,36-34-,40-39-. The van der Waals surface area contributed by atoms with Crippen LogP contribution in [0.1, 0.15) is 329 Å². The van der Waals surface area contributed by atoms with Gasteiger partial charge in [0, 0.05) is 19.3 Å². The molecule has 0 radical (unpaired) electrons. The largest absolute Gasteiger partial charge is 0.462 e. The number of esters is 3. The summed E-state index contributed by atoms with van der Waals surface area (Å²) in [5.41, 5.74) is 0. The lowest BCUT2D eigenvalue weighted by molar-refractivity contribution is -0.167. The van der Waals surface area contributed by atoms with Gasteiger partial charge in [-0.25, -0.2) is 0 Å². The number of rotatable bonds is 62. The van der Waals surface area contributed by atoms with Crippen LogP contribution in [0.3, 0.4) is 0 Å². The molecule has 0 saturated heterocycles. The summed E-state index contributed by atoms with van der Waals surface area (Å²) < 4.78 is 16.9. The Hall–Kier alpha value is -3.93. The molecule has 0 heterocycles. The summed E-state index contributed by atoms with van der Waals surface area (Å²) in [6, 6.07) is 0. The lowest BCUT2D eigenvalue weighted by Gasteiger charge is -2.18. The molecule has 464 valence electrons. The minimum Gasteiger partial charge on any atom is -0.462 e. The maximum Gasteiger partial charge on any atom is 0.306 e. The molecule has 0 aliphatic carbocycles. The predicted octanol–water partition coefficient (Wildman–Crippen LogP) is 23.8. The van der Waals surface area contributed by atoms with E-state index in [2.05, 4.69) is 130 Å². The van der Waals surface area contributed by atoms with Crippen LogP contribution in [-0.4, -0.2) is 37.2 Å². The Morgan fingerprint density at radius 2 is 0.481 bits per heavy atom. The fraction of sp³-hybridized carbons (Fsp3) is 0.720. The van der Waals surface area contributed by atoms with Gasteiger partial charge in [-0.2, -0.15) is 0 Å². The number of carbonyl (C=O) groups excluding carboxylic acids is 3. The Balaban J connectivity index is 4.12. The van der Waals surface area contributed by atoms with Crippen molar-refractivity contribution in [2.45, 2.75) is 335 Å². The van der Waals surface area contributed by atoms with Gasteiger partial charge in [-0.05, 0) is 109 Å². The summed E-state index contributed by atoms with van der Waals surface area (Å²) in [4.78, 5) is 38.2. The van der Waals surface area contributed by atoms with Crippen molar-refractivity contribution in [1.82, 2.24) is 0 Å². The zero-order valence-corrected chi connectivity index (χ0v) is 53.3. The molecule has 0 rings (SSSR count). The van der Waals surface area contributed by atoms with Crippen LogP contribution in [-0.2, 0) is 28.6 Å². The van der Waals surface area contributed by atoms with Gasteiger partial charge < -0.3 is 14.2 Å². The Labute approximate surface area is 501 Å². The lowest BCUT2D eigenvalue weighted by Crippen LogP contribution is -2.30. The van der Waals surface area contributed by atoms with Gasteiger partial charge in [0.2, 0.25) is 0 Å². The van der Waals surface area contributed by atoms with E-state index in [1.807, 2.05) is 0 Å². The average Bonchev–Trinajstić information content (AvgIpc) is 3.47. The van der Waals surface area contributed by atoms with Gasteiger partial charge in [0.15, 0.2) is 6.10 Å². The average molecular weight is 1130 g/mol. The van der Waals surface area contributed by atoms with Crippen LogP contribution < -0.4 is 0 Å². The molecule has 0 aromatic carbocycles. The van der Waals surface area contributed by atoms with Gasteiger partial charge in [0.25, 0.3) is 0 Å². The van der Waals surface area contributed by atoms with Gasteiger partial charge >= 0.3 is 17.9 Å². The highest BCUT2D eigenvalue weighted by Gasteiger charge is 2.19. The molecule has 0 aliphatic heterocycles. The lowest BCUT2D eigenvalue weighted by atomic mass is 10.0. The third-order valence-corrected chi connectivity index (χ3v) is 14.8. The smallest absolute Gasteiger partial charge is 0.306 e. The van der Waals surface area contributed by atoms with Crippen molar-refractivity contribution in [2.75, 3.05) is 13.2 Å². The molecule has 0 spiro atoms. The molecule has 0 fully saturated rings. The molecule has 0 aliphatic rings. The zero-order valence-electron chi connectivity index (χ0n) is 53.3. The predicted molar refractivity (Wildman–Crippen MR) is 353 cm³/mol. The van der Waals surface area contributed by atoms with E-state index in [1.165, 1.54) is 180 Å². The van der Waals surface area contributed by atoms with Crippen molar-refractivity contribution in [3.8, 4) is 0 Å². The van der Waals surface area contributed by atoms with Crippen LogP contribution in [0.2, 0.25) is 0 Å². The third kappa shape index (κ3) is 66.8. The van der Waals surface area contributed by atoms with Crippen LogP contribution >= 0.6 is 0 Å². The normalized spacial score (nSPS) is 12.8. The molecule has 0 aromatic heterocycles. The highest BCUT2D eigenvalue weighted by Crippen LogP contribution is 2.17. The van der Waals surface area contributed by atoms with Crippen molar-refractivity contribution in [3.05, 3.63) is 109 Å². The van der Waals surface area contributed by atoms with Crippen LogP contribution in [0.4, 0.5) is 0 Å². The van der Waals surface area contributed by atoms with Crippen molar-refractivity contribution in [2.24, 2.45) is 0 Å². The van der Waals surface area contributed by atoms with Crippen molar-refractivity contribution in [3.63, 3.8) is 0 Å². The molecule has 0 amide bonds. The number of carbonyl (C=O) groups is 3. The zero-order chi connectivity index (χ0) is 58.5. The monoisotopic (exact) mass is 1120 g/mol. The fourth-order valence-electron chi connectivity index (χ4n) is 9.63. The van der Waals surface area contributed by atoms with Gasteiger partial charge in [0.1, 0.15) is 13.2 Å². The highest BCUT2D eigenvalue weighted by molar-refractivity contribution is 5.71. The summed E-state index contributed by atoms with van der Waals surface area (Å²) in [6.07, 6.45) is 94.2. The first-order valence-corrected chi connectivity index (χ1v) is 34.4. The number of hydrogen-bond acceptors (Lipinski definition) is 6. The van der Waals surface area contributed by atoms with Crippen molar-refractivity contribution >= 4 is 17.9 Å². The van der Waals surface area contributed by atoms with Crippen LogP contribution in [0, 0.1) is 0 Å². The minimum atomic E-state index is -0.780. The second kappa shape index (κ2) is 68.6. The number of ether oxygens (including phenoxy) is 3. The third-order valence-electron chi connectivity index (χ3n) is 14.8. The number of allylic oxidation sites excluding steroid dienone is 18. The summed E-state index contributed by atoms with van der Waals surface area (Å²) in [5, 5.41) is 0. The first kappa shape index (κ1) is 77.1. The maximum absolute atomic E-state index is 12.9. The van der Waals surface area contributed by atoms with E-state index in [-0.39, 0.29) is 31.1 Å². The van der Waals surface area contributed by atoms with E-state index >= 15 is 0 Å². The van der Waals surface area contributed by atoms with Crippen molar-refractivity contribution < 1.29 is 28.6 Å². The van der Waals surface area contributed by atoms with Gasteiger partial charge in [-0.15, -0.1) is 0 Å². The first-order valence-electron chi connectivity index (χ1n) is 34.4. The first-order chi connectivity index (χ1) is 40.0. The van der Waals surface area contributed by atoms with Crippen LogP contribution in [0.15, 0.2) is 109 Å². The molecule has 0 aromatic rings. The SMILES string of the molecule is CC/C=C\C/C=C\C/C=C\C/C=C\C/C=C\C/C=C\CCCCCCCCCCCCC(=O)OCC(COC(=O)CCCCCCCCC)OC(=O)CCCCCCCCCCCCCC/C=C\C/C=C\C/C=C\CCCCCCC. The Bertz CT molecular complexity index is 1620. The summed E-state index contributed by atoms with van der Waals surface area (Å²) in [5.74, 6) is -0.881. The van der Waals surface area contributed by atoms with E-state index in [9.17, 15) is 14.4 Å². The number of unbranched alkanes of at least 4 members (excludes halogenated alkanes) is 33. The van der Waals surface area contributed by atoms with Crippen molar-refractivity contribution in [1.29, 1.82) is 0 Å². The summed E-state index contributed by atoms with van der Waals surface area (Å²) in [7, 11) is 0. The van der Waals surface area contributed by atoms with E-state index in [1.54, 1.807) is 0 Å². The maximum atomic E-state index is 12.9. The Morgan fingerprint density at radius 3 is 0.753 bits per heavy atom. The molecule has 6 heteroatoms. The fourth-order valence-corrected chi connectivity index (χ4v) is 9.63. The minimum absolute atomic E-state index is 0.0782. The molecule has 81 heavy (non-hydrogen) atoms. The highest BCUT2D eigenvalue weighted by atomic mass is 16.6. The molecule has 1 atom stereocenters. The molecule has 1 unspecified atom stereocenters. The van der Waals surface area contributed by atoms with E-state index in [0.29, 0.717) is 19.3 Å². The second-order valence-electron chi connectivity index (χ2n) is 22.7. The molecule has 0 N–H and O–H groups in total. The topological polar surface area (TPSA) is 78.9 Å². The van der Waals surface area contributed by atoms with Gasteiger partial charge in [-0.1, -0.05) is 310 Å². The molecular weight excluding hydrogens is 997 g/mol. The molecular formula is C75H128O6.